The Hall–Kier alpha value is -0.900. The molecule has 0 fully saturated rings. The van der Waals surface area contributed by atoms with Crippen LogP contribution in [0.3, 0.4) is 0 Å². The lowest BCUT2D eigenvalue weighted by atomic mass is 10.3. The average Bonchev–Trinajstić information content (AvgIpc) is 2.10. The van der Waals surface area contributed by atoms with Crippen molar-refractivity contribution in [2.24, 2.45) is 0 Å². The van der Waals surface area contributed by atoms with Crippen LogP contribution >= 0.6 is 11.8 Å². The first-order valence-corrected chi connectivity index (χ1v) is 5.17. The van der Waals surface area contributed by atoms with Crippen LogP contribution in [0.2, 0.25) is 0 Å². The van der Waals surface area contributed by atoms with Gasteiger partial charge in [0.05, 0.1) is 6.61 Å². The maximum Gasteiger partial charge on any atom is 0.167 e. The van der Waals surface area contributed by atoms with Crippen LogP contribution in [-0.4, -0.2) is 12.9 Å². The van der Waals surface area contributed by atoms with Gasteiger partial charge in [-0.2, -0.15) is 0 Å². The molecule has 0 aliphatic heterocycles. The lowest BCUT2D eigenvalue weighted by Gasteiger charge is -2.08. The van der Waals surface area contributed by atoms with E-state index in [1.54, 1.807) is 6.07 Å². The first kappa shape index (κ1) is 10.2. The zero-order valence-corrected chi connectivity index (χ0v) is 8.45. The van der Waals surface area contributed by atoms with Crippen molar-refractivity contribution in [3.05, 3.63) is 17.9 Å². The number of ether oxygens (including phenoxy) is 1. The first-order valence-electron chi connectivity index (χ1n) is 3.94. The van der Waals surface area contributed by atoms with E-state index in [2.05, 4.69) is 0 Å². The molecule has 1 aromatic carbocycles. The predicted octanol–water partition coefficient (Wildman–Crippen LogP) is 2.53. The van der Waals surface area contributed by atoms with Gasteiger partial charge >= 0.3 is 0 Å². The van der Waals surface area contributed by atoms with Crippen LogP contribution in [0.4, 0.5) is 10.1 Å². The summed E-state index contributed by atoms with van der Waals surface area (Å²) in [6, 6.07) is 2.91. The topological polar surface area (TPSA) is 35.2 Å². The van der Waals surface area contributed by atoms with Gasteiger partial charge in [0.15, 0.2) is 11.6 Å². The van der Waals surface area contributed by atoms with Crippen molar-refractivity contribution in [3.63, 3.8) is 0 Å². The van der Waals surface area contributed by atoms with Crippen molar-refractivity contribution in [3.8, 4) is 5.75 Å². The Balaban J connectivity index is 3.06. The van der Waals surface area contributed by atoms with E-state index in [9.17, 15) is 4.39 Å². The highest BCUT2D eigenvalue weighted by atomic mass is 32.2. The van der Waals surface area contributed by atoms with E-state index < -0.39 is 5.82 Å². The summed E-state index contributed by atoms with van der Waals surface area (Å²) in [7, 11) is 0. The maximum absolute atomic E-state index is 13.1. The second-order valence-corrected chi connectivity index (χ2v) is 3.31. The van der Waals surface area contributed by atoms with Crippen molar-refractivity contribution in [2.45, 2.75) is 11.8 Å². The fourth-order valence-corrected chi connectivity index (χ4v) is 1.51. The third-order valence-corrected chi connectivity index (χ3v) is 2.38. The summed E-state index contributed by atoms with van der Waals surface area (Å²) in [5, 5.41) is 0. The molecule has 4 heteroatoms. The molecule has 1 aromatic rings. The number of hydrogen-bond donors (Lipinski definition) is 1. The van der Waals surface area contributed by atoms with E-state index in [4.69, 9.17) is 10.5 Å². The van der Waals surface area contributed by atoms with Gasteiger partial charge in [0, 0.05) is 16.6 Å². The van der Waals surface area contributed by atoms with Gasteiger partial charge in [0.1, 0.15) is 0 Å². The Labute approximate surface area is 81.3 Å². The molecule has 0 aromatic heterocycles. The molecule has 72 valence electrons. The van der Waals surface area contributed by atoms with Crippen molar-refractivity contribution in [2.75, 3.05) is 18.6 Å². The lowest BCUT2D eigenvalue weighted by molar-refractivity contribution is 0.321. The van der Waals surface area contributed by atoms with E-state index in [0.717, 1.165) is 4.90 Å². The van der Waals surface area contributed by atoms with Crippen LogP contribution in [-0.2, 0) is 0 Å². The lowest BCUT2D eigenvalue weighted by Crippen LogP contribution is -1.97. The molecule has 0 bridgehead atoms. The van der Waals surface area contributed by atoms with Crippen molar-refractivity contribution in [1.82, 2.24) is 0 Å². The van der Waals surface area contributed by atoms with E-state index >= 15 is 0 Å². The van der Waals surface area contributed by atoms with Gasteiger partial charge in [-0.25, -0.2) is 4.39 Å². The molecule has 0 spiro atoms. The molecule has 0 unspecified atom stereocenters. The fraction of sp³-hybridized carbons (Fsp3) is 0.333. The zero-order valence-electron chi connectivity index (χ0n) is 7.63. The number of thioether (sulfide) groups is 1. The van der Waals surface area contributed by atoms with Crippen LogP contribution in [0.1, 0.15) is 6.92 Å². The number of nitrogens with two attached hydrogens (primary N) is 1. The number of rotatable bonds is 3. The number of benzene rings is 1. The van der Waals surface area contributed by atoms with Gasteiger partial charge < -0.3 is 10.5 Å². The quantitative estimate of drug-likeness (QED) is 0.603. The zero-order chi connectivity index (χ0) is 9.84. The molecule has 0 saturated heterocycles. The molecule has 0 heterocycles. The maximum atomic E-state index is 13.1. The summed E-state index contributed by atoms with van der Waals surface area (Å²) in [6.45, 7) is 2.27. The van der Waals surface area contributed by atoms with Crippen molar-refractivity contribution >= 4 is 17.4 Å². The highest BCUT2D eigenvalue weighted by molar-refractivity contribution is 7.98. The van der Waals surface area contributed by atoms with Gasteiger partial charge in [0.25, 0.3) is 0 Å². The minimum atomic E-state index is -0.405. The van der Waals surface area contributed by atoms with E-state index in [0.29, 0.717) is 12.3 Å². The first-order chi connectivity index (χ1) is 6.19. The molecule has 2 nitrogen and oxygen atoms in total. The smallest absolute Gasteiger partial charge is 0.167 e. The molecule has 1 rings (SSSR count). The predicted molar refractivity (Wildman–Crippen MR) is 53.8 cm³/mol. The molecule has 0 aliphatic rings. The minimum Gasteiger partial charge on any atom is -0.491 e. The summed E-state index contributed by atoms with van der Waals surface area (Å²) >= 11 is 1.47. The van der Waals surface area contributed by atoms with Crippen LogP contribution in [0.15, 0.2) is 17.0 Å². The molecule has 0 radical (unpaired) electrons. The monoisotopic (exact) mass is 201 g/mol. The van der Waals surface area contributed by atoms with Crippen LogP contribution in [0, 0.1) is 5.82 Å². The van der Waals surface area contributed by atoms with Gasteiger partial charge in [0.2, 0.25) is 0 Å². The average molecular weight is 201 g/mol. The van der Waals surface area contributed by atoms with Gasteiger partial charge in [-0.15, -0.1) is 11.8 Å². The molecular weight excluding hydrogens is 189 g/mol. The van der Waals surface area contributed by atoms with E-state index in [1.807, 2.05) is 13.2 Å². The Bertz CT molecular complexity index is 304. The third-order valence-electron chi connectivity index (χ3n) is 1.58. The molecule has 0 atom stereocenters. The molecule has 0 saturated carbocycles. The van der Waals surface area contributed by atoms with Gasteiger partial charge in [-0.3, -0.25) is 0 Å². The van der Waals surface area contributed by atoms with Gasteiger partial charge in [-0.1, -0.05) is 0 Å². The summed E-state index contributed by atoms with van der Waals surface area (Å²) in [5.41, 5.74) is 6.03. The minimum absolute atomic E-state index is 0.265. The van der Waals surface area contributed by atoms with Crippen LogP contribution in [0.25, 0.3) is 0 Å². The number of anilines is 1. The Morgan fingerprint density at radius 1 is 1.54 bits per heavy atom. The van der Waals surface area contributed by atoms with Crippen molar-refractivity contribution < 1.29 is 9.13 Å². The summed E-state index contributed by atoms with van der Waals surface area (Å²) < 4.78 is 18.2. The highest BCUT2D eigenvalue weighted by Gasteiger charge is 2.07. The van der Waals surface area contributed by atoms with Crippen molar-refractivity contribution in [1.29, 1.82) is 0 Å². The second-order valence-electron chi connectivity index (χ2n) is 2.46. The second kappa shape index (κ2) is 4.37. The third kappa shape index (κ3) is 2.28. The number of hydrogen-bond acceptors (Lipinski definition) is 3. The normalized spacial score (nSPS) is 10.1. The Morgan fingerprint density at radius 2 is 2.23 bits per heavy atom. The molecule has 0 aliphatic carbocycles. The van der Waals surface area contributed by atoms with E-state index in [-0.39, 0.29) is 5.75 Å². The fourth-order valence-electron chi connectivity index (χ4n) is 0.993. The molecule has 13 heavy (non-hydrogen) atoms. The Morgan fingerprint density at radius 3 is 2.77 bits per heavy atom. The highest BCUT2D eigenvalue weighted by Crippen LogP contribution is 2.30. The standard InChI is InChI=1S/C9H12FNOS/c1-3-12-8-5-9(13-2)7(11)4-6(8)10/h4-5H,3,11H2,1-2H3. The van der Waals surface area contributed by atoms with Crippen LogP contribution in [0.5, 0.6) is 5.75 Å². The number of nitrogen functional groups attached to an aromatic ring is 1. The SMILES string of the molecule is CCOc1cc(SC)c(N)cc1F. The molecular formula is C9H12FNOS. The molecule has 0 amide bonds. The van der Waals surface area contributed by atoms with Gasteiger partial charge in [-0.05, 0) is 19.2 Å². The van der Waals surface area contributed by atoms with Crippen LogP contribution < -0.4 is 10.5 Å². The summed E-state index contributed by atoms with van der Waals surface area (Å²) in [5.74, 6) is -0.141. The number of halogens is 1. The summed E-state index contributed by atoms with van der Waals surface area (Å²) in [4.78, 5) is 0.838. The van der Waals surface area contributed by atoms with E-state index in [1.165, 1.54) is 17.8 Å². The Kier molecular flexibility index (Phi) is 3.42. The summed E-state index contributed by atoms with van der Waals surface area (Å²) in [6.07, 6.45) is 1.89. The molecule has 2 N–H and O–H groups in total. The largest absolute Gasteiger partial charge is 0.491 e.